The van der Waals surface area contributed by atoms with Gasteiger partial charge in [0.05, 0.1) is 0 Å². The first-order chi connectivity index (χ1) is 6.20. The van der Waals surface area contributed by atoms with Crippen LogP contribution in [0, 0.1) is 0 Å². The summed E-state index contributed by atoms with van der Waals surface area (Å²) in [6, 6.07) is 10.3. The van der Waals surface area contributed by atoms with E-state index in [1.165, 1.54) is 0 Å². The molecule has 1 atom stereocenters. The number of likely N-dealkylation sites (N-methyl/N-ethyl adjacent to an activating group) is 1. The molecule has 3 heteroatoms. The van der Waals surface area contributed by atoms with E-state index in [-0.39, 0.29) is 12.4 Å². The van der Waals surface area contributed by atoms with Crippen LogP contribution in [0.15, 0.2) is 30.3 Å². The molecule has 2 nitrogen and oxygen atoms in total. The molecule has 0 heterocycles. The first-order valence-electron chi connectivity index (χ1n) is 4.54. The zero-order chi connectivity index (χ0) is 9.68. The molecule has 0 N–H and O–H groups in total. The third-order valence-electron chi connectivity index (χ3n) is 2.12. The lowest BCUT2D eigenvalue weighted by atomic mass is 10.3. The fraction of sp³-hybridized carbons (Fsp3) is 0.455. The predicted molar refractivity (Wildman–Crippen MR) is 62.3 cm³/mol. The van der Waals surface area contributed by atoms with Crippen molar-refractivity contribution in [1.82, 2.24) is 4.90 Å². The molecule has 1 aromatic carbocycles. The Hall–Kier alpha value is -0.730. The van der Waals surface area contributed by atoms with Gasteiger partial charge >= 0.3 is 0 Å². The Labute approximate surface area is 92.3 Å². The molecular weight excluding hydrogens is 198 g/mol. The number of para-hydroxylation sites is 1. The molecule has 1 aromatic rings. The summed E-state index contributed by atoms with van der Waals surface area (Å²) in [5.41, 5.74) is 0. The third-order valence-corrected chi connectivity index (χ3v) is 2.12. The molecule has 0 radical (unpaired) electrons. The minimum atomic E-state index is 0. The lowest BCUT2D eigenvalue weighted by Gasteiger charge is -2.19. The number of halogens is 1. The van der Waals surface area contributed by atoms with Crippen LogP contribution in [-0.2, 0) is 0 Å². The van der Waals surface area contributed by atoms with Crippen molar-refractivity contribution in [3.8, 4) is 5.75 Å². The zero-order valence-corrected chi connectivity index (χ0v) is 9.75. The third kappa shape index (κ3) is 4.49. The number of hydrogen-bond donors (Lipinski definition) is 0. The standard InChI is InChI=1S/C11H17NO.ClH/c1-10(12(2)3)9-13-11-7-5-4-6-8-11;/h4-8,10H,9H2,1-3H3;1H. The Morgan fingerprint density at radius 3 is 2.29 bits per heavy atom. The van der Waals surface area contributed by atoms with Crippen LogP contribution in [0.25, 0.3) is 0 Å². The van der Waals surface area contributed by atoms with E-state index in [1.807, 2.05) is 30.3 Å². The van der Waals surface area contributed by atoms with Gasteiger partial charge in [-0.15, -0.1) is 12.4 Å². The lowest BCUT2D eigenvalue weighted by Crippen LogP contribution is -2.30. The van der Waals surface area contributed by atoms with Crippen LogP contribution >= 0.6 is 12.4 Å². The quantitative estimate of drug-likeness (QED) is 0.765. The Bertz CT molecular complexity index is 238. The number of nitrogens with zero attached hydrogens (tertiary/aromatic N) is 1. The smallest absolute Gasteiger partial charge is 0.119 e. The summed E-state index contributed by atoms with van der Waals surface area (Å²) in [6.45, 7) is 2.87. The Morgan fingerprint density at radius 2 is 1.79 bits per heavy atom. The van der Waals surface area contributed by atoms with Gasteiger partial charge in [0, 0.05) is 6.04 Å². The van der Waals surface area contributed by atoms with Crippen LogP contribution in [0.3, 0.4) is 0 Å². The normalized spacial score (nSPS) is 12.0. The summed E-state index contributed by atoms with van der Waals surface area (Å²) in [5.74, 6) is 0.941. The van der Waals surface area contributed by atoms with Gasteiger partial charge in [-0.25, -0.2) is 0 Å². The lowest BCUT2D eigenvalue weighted by molar-refractivity contribution is 0.198. The maximum absolute atomic E-state index is 5.59. The highest BCUT2D eigenvalue weighted by molar-refractivity contribution is 5.85. The molecule has 14 heavy (non-hydrogen) atoms. The second kappa shape index (κ2) is 6.68. The van der Waals surface area contributed by atoms with Gasteiger partial charge in [-0.2, -0.15) is 0 Å². The van der Waals surface area contributed by atoms with Crippen LogP contribution in [0.4, 0.5) is 0 Å². The SMILES string of the molecule is CC(COc1ccccc1)N(C)C.Cl. The molecule has 0 saturated carbocycles. The molecule has 0 saturated heterocycles. The first kappa shape index (κ1) is 13.3. The van der Waals surface area contributed by atoms with E-state index in [1.54, 1.807) is 0 Å². The summed E-state index contributed by atoms with van der Waals surface area (Å²) in [7, 11) is 4.11. The first-order valence-corrected chi connectivity index (χ1v) is 4.54. The molecule has 0 aliphatic carbocycles. The maximum Gasteiger partial charge on any atom is 0.119 e. The van der Waals surface area contributed by atoms with E-state index >= 15 is 0 Å². The van der Waals surface area contributed by atoms with Crippen molar-refractivity contribution >= 4 is 12.4 Å². The highest BCUT2D eigenvalue weighted by Gasteiger charge is 2.04. The van der Waals surface area contributed by atoms with Gasteiger partial charge in [0.25, 0.3) is 0 Å². The fourth-order valence-corrected chi connectivity index (χ4v) is 0.883. The average molecular weight is 216 g/mol. The van der Waals surface area contributed by atoms with Crippen LogP contribution in [-0.4, -0.2) is 31.6 Å². The summed E-state index contributed by atoms with van der Waals surface area (Å²) < 4.78 is 5.59. The highest BCUT2D eigenvalue weighted by atomic mass is 35.5. The zero-order valence-electron chi connectivity index (χ0n) is 8.93. The van der Waals surface area contributed by atoms with Crippen molar-refractivity contribution in [1.29, 1.82) is 0 Å². The van der Waals surface area contributed by atoms with E-state index in [0.717, 1.165) is 12.4 Å². The van der Waals surface area contributed by atoms with Gasteiger partial charge in [-0.05, 0) is 33.2 Å². The maximum atomic E-state index is 5.59. The van der Waals surface area contributed by atoms with Gasteiger partial charge in [0.15, 0.2) is 0 Å². The van der Waals surface area contributed by atoms with Crippen LogP contribution in [0.5, 0.6) is 5.75 Å². The van der Waals surface area contributed by atoms with Crippen molar-refractivity contribution in [2.24, 2.45) is 0 Å². The molecule has 0 bridgehead atoms. The highest BCUT2D eigenvalue weighted by Crippen LogP contribution is 2.08. The molecule has 0 aromatic heterocycles. The Balaban J connectivity index is 0.00000169. The van der Waals surface area contributed by atoms with Crippen molar-refractivity contribution in [3.63, 3.8) is 0 Å². The monoisotopic (exact) mass is 215 g/mol. The molecule has 0 spiro atoms. The number of hydrogen-bond acceptors (Lipinski definition) is 2. The summed E-state index contributed by atoms with van der Waals surface area (Å²) in [6.07, 6.45) is 0. The molecule has 1 unspecified atom stereocenters. The van der Waals surface area contributed by atoms with Gasteiger partial charge in [-0.1, -0.05) is 18.2 Å². The topological polar surface area (TPSA) is 12.5 Å². The van der Waals surface area contributed by atoms with E-state index in [4.69, 9.17) is 4.74 Å². The van der Waals surface area contributed by atoms with Crippen molar-refractivity contribution in [3.05, 3.63) is 30.3 Å². The molecule has 0 aliphatic rings. The fourth-order valence-electron chi connectivity index (χ4n) is 0.883. The summed E-state index contributed by atoms with van der Waals surface area (Å²) >= 11 is 0. The van der Waals surface area contributed by atoms with Gasteiger partial charge in [0.1, 0.15) is 12.4 Å². The summed E-state index contributed by atoms with van der Waals surface area (Å²) in [4.78, 5) is 2.14. The van der Waals surface area contributed by atoms with Gasteiger partial charge < -0.3 is 9.64 Å². The van der Waals surface area contributed by atoms with Crippen LogP contribution < -0.4 is 4.74 Å². The van der Waals surface area contributed by atoms with Gasteiger partial charge in [0.2, 0.25) is 0 Å². The van der Waals surface area contributed by atoms with Gasteiger partial charge in [-0.3, -0.25) is 0 Å². The summed E-state index contributed by atoms with van der Waals surface area (Å²) in [5, 5.41) is 0. The molecule has 1 rings (SSSR count). The van der Waals surface area contributed by atoms with Crippen LogP contribution in [0.2, 0.25) is 0 Å². The largest absolute Gasteiger partial charge is 0.492 e. The van der Waals surface area contributed by atoms with E-state index < -0.39 is 0 Å². The molecule has 0 amide bonds. The van der Waals surface area contributed by atoms with Crippen molar-refractivity contribution in [2.45, 2.75) is 13.0 Å². The molecule has 0 fully saturated rings. The molecular formula is C11H18ClNO. The second-order valence-corrected chi connectivity index (χ2v) is 3.44. The predicted octanol–water partition coefficient (Wildman–Crippen LogP) is 2.44. The van der Waals surface area contributed by atoms with Crippen molar-refractivity contribution in [2.75, 3.05) is 20.7 Å². The van der Waals surface area contributed by atoms with E-state index in [2.05, 4.69) is 25.9 Å². The number of ether oxygens (including phenoxy) is 1. The molecule has 0 aliphatic heterocycles. The minimum Gasteiger partial charge on any atom is -0.492 e. The number of rotatable bonds is 4. The van der Waals surface area contributed by atoms with E-state index in [0.29, 0.717) is 6.04 Å². The Morgan fingerprint density at radius 1 is 1.21 bits per heavy atom. The second-order valence-electron chi connectivity index (χ2n) is 3.44. The van der Waals surface area contributed by atoms with Crippen molar-refractivity contribution < 1.29 is 4.74 Å². The Kier molecular flexibility index (Phi) is 6.34. The minimum absolute atomic E-state index is 0. The van der Waals surface area contributed by atoms with Crippen LogP contribution in [0.1, 0.15) is 6.92 Å². The molecule has 80 valence electrons. The number of benzene rings is 1. The average Bonchev–Trinajstić information content (AvgIpc) is 2.15. The van der Waals surface area contributed by atoms with E-state index in [9.17, 15) is 0 Å².